The van der Waals surface area contributed by atoms with Crippen molar-refractivity contribution >= 4 is 16.0 Å². The van der Waals surface area contributed by atoms with E-state index in [0.29, 0.717) is 19.6 Å². The van der Waals surface area contributed by atoms with Crippen molar-refractivity contribution in [2.45, 2.75) is 17.5 Å². The normalized spacial score (nSPS) is 19.8. The summed E-state index contributed by atoms with van der Waals surface area (Å²) in [6.07, 6.45) is 1.68. The number of rotatable bonds is 4. The predicted octanol–water partition coefficient (Wildman–Crippen LogP) is 0.189. The Kier molecular flexibility index (Phi) is 3.83. The number of carboxylic acid groups (broad SMARTS) is 1. The molecule has 104 valence electrons. The molecule has 1 fully saturated rings. The van der Waals surface area contributed by atoms with Crippen molar-refractivity contribution in [2.75, 3.05) is 20.3 Å². The van der Waals surface area contributed by atoms with Gasteiger partial charge in [0.15, 0.2) is 5.03 Å². The van der Waals surface area contributed by atoms with Crippen molar-refractivity contribution in [3.63, 3.8) is 0 Å². The number of aromatic carboxylic acids is 1. The monoisotopic (exact) mass is 286 g/mol. The molecule has 0 aromatic carbocycles. The van der Waals surface area contributed by atoms with Gasteiger partial charge in [-0.1, -0.05) is 0 Å². The highest BCUT2D eigenvalue weighted by atomic mass is 32.2. The van der Waals surface area contributed by atoms with Gasteiger partial charge in [0.25, 0.3) is 10.0 Å². The molecule has 1 aromatic rings. The summed E-state index contributed by atoms with van der Waals surface area (Å²) in [6.45, 7) is 0.902. The standard InChI is InChI=1S/C11H14N2O5S/c1-13(9-4-5-18-7-9)19(16,17)10-3-2-8(6-12-10)11(14)15/h2-3,6,9H,4-5,7H2,1H3,(H,14,15). The zero-order chi connectivity index (χ0) is 14.0. The summed E-state index contributed by atoms with van der Waals surface area (Å²) in [6, 6.07) is 2.22. The van der Waals surface area contributed by atoms with Crippen molar-refractivity contribution in [1.82, 2.24) is 9.29 Å². The summed E-state index contributed by atoms with van der Waals surface area (Å²) in [4.78, 5) is 14.4. The maximum atomic E-state index is 12.3. The van der Waals surface area contributed by atoms with Crippen LogP contribution in [0.25, 0.3) is 0 Å². The second-order valence-corrected chi connectivity index (χ2v) is 6.17. The van der Waals surface area contributed by atoms with Crippen LogP contribution in [-0.4, -0.2) is 55.1 Å². The van der Waals surface area contributed by atoms with Gasteiger partial charge in [-0.25, -0.2) is 18.2 Å². The molecule has 0 bridgehead atoms. The lowest BCUT2D eigenvalue weighted by atomic mass is 10.3. The number of hydrogen-bond donors (Lipinski definition) is 1. The van der Waals surface area contributed by atoms with Crippen molar-refractivity contribution in [2.24, 2.45) is 0 Å². The molecule has 19 heavy (non-hydrogen) atoms. The van der Waals surface area contributed by atoms with Crippen molar-refractivity contribution in [1.29, 1.82) is 0 Å². The van der Waals surface area contributed by atoms with Crippen LogP contribution in [0.1, 0.15) is 16.8 Å². The van der Waals surface area contributed by atoms with Crippen LogP contribution in [0.15, 0.2) is 23.4 Å². The Bertz CT molecular complexity index is 563. The molecule has 1 aliphatic rings. The molecule has 0 saturated carbocycles. The van der Waals surface area contributed by atoms with Crippen LogP contribution in [0.3, 0.4) is 0 Å². The molecule has 0 aliphatic carbocycles. The predicted molar refractivity (Wildman–Crippen MR) is 65.4 cm³/mol. The van der Waals surface area contributed by atoms with Crippen molar-refractivity contribution in [3.8, 4) is 0 Å². The Morgan fingerprint density at radius 1 is 1.53 bits per heavy atom. The average molecular weight is 286 g/mol. The minimum Gasteiger partial charge on any atom is -0.478 e. The van der Waals surface area contributed by atoms with Crippen LogP contribution >= 0.6 is 0 Å². The lowest BCUT2D eigenvalue weighted by Gasteiger charge is -2.21. The molecular formula is C11H14N2O5S. The van der Waals surface area contributed by atoms with E-state index in [4.69, 9.17) is 9.84 Å². The molecule has 7 nitrogen and oxygen atoms in total. The molecule has 0 amide bonds. The molecule has 0 spiro atoms. The quantitative estimate of drug-likeness (QED) is 0.848. The van der Waals surface area contributed by atoms with Gasteiger partial charge in [0.2, 0.25) is 0 Å². The molecule has 2 rings (SSSR count). The summed E-state index contributed by atoms with van der Waals surface area (Å²) in [7, 11) is -2.24. The Labute approximate surface area is 110 Å². The third kappa shape index (κ3) is 2.75. The van der Waals surface area contributed by atoms with E-state index in [2.05, 4.69) is 4.98 Å². The fourth-order valence-electron chi connectivity index (χ4n) is 1.81. The molecule has 0 radical (unpaired) electrons. The molecule has 1 atom stereocenters. The number of aromatic nitrogens is 1. The first-order valence-electron chi connectivity index (χ1n) is 5.68. The first kappa shape index (κ1) is 13.9. The number of hydrogen-bond acceptors (Lipinski definition) is 5. The maximum Gasteiger partial charge on any atom is 0.337 e. The smallest absolute Gasteiger partial charge is 0.337 e. The number of pyridine rings is 1. The Balaban J connectivity index is 2.25. The van der Waals surface area contributed by atoms with Gasteiger partial charge in [-0.3, -0.25) is 0 Å². The summed E-state index contributed by atoms with van der Waals surface area (Å²) in [5.41, 5.74) is -0.0502. The van der Waals surface area contributed by atoms with Gasteiger partial charge in [0, 0.05) is 19.9 Å². The minimum atomic E-state index is -3.72. The van der Waals surface area contributed by atoms with Crippen LogP contribution in [0.4, 0.5) is 0 Å². The Morgan fingerprint density at radius 3 is 2.74 bits per heavy atom. The maximum absolute atomic E-state index is 12.3. The topological polar surface area (TPSA) is 96.8 Å². The van der Waals surface area contributed by atoms with Crippen LogP contribution < -0.4 is 0 Å². The van der Waals surface area contributed by atoms with Crippen LogP contribution in [-0.2, 0) is 14.8 Å². The third-order valence-electron chi connectivity index (χ3n) is 3.05. The van der Waals surface area contributed by atoms with Gasteiger partial charge in [0.1, 0.15) is 0 Å². The average Bonchev–Trinajstić information content (AvgIpc) is 2.91. The summed E-state index contributed by atoms with van der Waals surface area (Å²) < 4.78 is 30.9. The fourth-order valence-corrected chi connectivity index (χ4v) is 3.09. The molecular weight excluding hydrogens is 272 g/mol. The van der Waals surface area contributed by atoms with Crippen LogP contribution in [0.5, 0.6) is 0 Å². The number of ether oxygens (including phenoxy) is 1. The second-order valence-electron chi connectivity index (χ2n) is 4.23. The highest BCUT2D eigenvalue weighted by molar-refractivity contribution is 7.89. The second kappa shape index (κ2) is 5.24. The van der Waals surface area contributed by atoms with E-state index in [-0.39, 0.29) is 16.6 Å². The Morgan fingerprint density at radius 2 is 2.26 bits per heavy atom. The van der Waals surface area contributed by atoms with Crippen molar-refractivity contribution < 1.29 is 23.1 Å². The first-order chi connectivity index (χ1) is 8.93. The van der Waals surface area contributed by atoms with E-state index in [1.807, 2.05) is 0 Å². The molecule has 1 N–H and O–H groups in total. The number of likely N-dealkylation sites (N-methyl/N-ethyl adjacent to an activating group) is 1. The zero-order valence-corrected chi connectivity index (χ0v) is 11.1. The summed E-state index contributed by atoms with van der Waals surface area (Å²) in [5, 5.41) is 8.58. The van der Waals surface area contributed by atoms with Crippen molar-refractivity contribution in [3.05, 3.63) is 23.9 Å². The van der Waals surface area contributed by atoms with Gasteiger partial charge in [0.05, 0.1) is 18.2 Å². The largest absolute Gasteiger partial charge is 0.478 e. The minimum absolute atomic E-state index is 0.0502. The molecule has 1 unspecified atom stereocenters. The number of sulfonamides is 1. The fraction of sp³-hybridized carbons (Fsp3) is 0.455. The van der Waals surface area contributed by atoms with E-state index in [9.17, 15) is 13.2 Å². The van der Waals surface area contributed by atoms with Gasteiger partial charge in [-0.05, 0) is 18.6 Å². The molecule has 8 heteroatoms. The molecule has 1 aliphatic heterocycles. The highest BCUT2D eigenvalue weighted by Crippen LogP contribution is 2.19. The zero-order valence-electron chi connectivity index (χ0n) is 10.3. The van der Waals surface area contributed by atoms with E-state index in [1.165, 1.54) is 23.5 Å². The summed E-state index contributed by atoms with van der Waals surface area (Å²) >= 11 is 0. The lowest BCUT2D eigenvalue weighted by Crippen LogP contribution is -2.37. The summed E-state index contributed by atoms with van der Waals surface area (Å²) in [5.74, 6) is -1.14. The molecule has 1 saturated heterocycles. The van der Waals surface area contributed by atoms with Gasteiger partial charge >= 0.3 is 5.97 Å². The lowest BCUT2D eigenvalue weighted by molar-refractivity contribution is 0.0696. The SMILES string of the molecule is CN(C1CCOC1)S(=O)(=O)c1ccc(C(=O)O)cn1. The number of nitrogens with zero attached hydrogens (tertiary/aromatic N) is 2. The van der Waals surface area contributed by atoms with Gasteiger partial charge in [-0.2, -0.15) is 4.31 Å². The Hall–Kier alpha value is -1.51. The molecule has 1 aromatic heterocycles. The van der Waals surface area contributed by atoms with Gasteiger partial charge < -0.3 is 9.84 Å². The van der Waals surface area contributed by atoms with Crippen LogP contribution in [0, 0.1) is 0 Å². The highest BCUT2D eigenvalue weighted by Gasteiger charge is 2.31. The van der Waals surface area contributed by atoms with E-state index >= 15 is 0 Å². The van der Waals surface area contributed by atoms with Gasteiger partial charge in [-0.15, -0.1) is 0 Å². The molecule has 2 heterocycles. The van der Waals surface area contributed by atoms with E-state index < -0.39 is 16.0 Å². The van der Waals surface area contributed by atoms with E-state index in [1.54, 1.807) is 0 Å². The number of carbonyl (C=O) groups is 1. The van der Waals surface area contributed by atoms with E-state index in [0.717, 1.165) is 6.20 Å². The first-order valence-corrected chi connectivity index (χ1v) is 7.12. The third-order valence-corrected chi connectivity index (χ3v) is 4.87. The number of carboxylic acids is 1. The van der Waals surface area contributed by atoms with Crippen LogP contribution in [0.2, 0.25) is 0 Å².